The summed E-state index contributed by atoms with van der Waals surface area (Å²) in [5.74, 6) is 1.47. The van der Waals surface area contributed by atoms with Crippen molar-refractivity contribution in [3.05, 3.63) is 47.4 Å². The number of aryl methyl sites for hydroxylation is 1. The summed E-state index contributed by atoms with van der Waals surface area (Å²) in [4.78, 5) is 11.4. The summed E-state index contributed by atoms with van der Waals surface area (Å²) in [6.07, 6.45) is 4.32. The topological polar surface area (TPSA) is 41.1 Å². The molecule has 1 aliphatic heterocycles. The Hall–Kier alpha value is -2.17. The Balaban J connectivity index is 1.63. The SMILES string of the molecule is Cc1cc(NCCc2ccccc2F)nc(N2CCCCC2)n1. The van der Waals surface area contributed by atoms with Crippen LogP contribution in [0.5, 0.6) is 0 Å². The summed E-state index contributed by atoms with van der Waals surface area (Å²) in [6.45, 7) is 4.68. The van der Waals surface area contributed by atoms with Crippen LogP contribution in [0.15, 0.2) is 30.3 Å². The van der Waals surface area contributed by atoms with Gasteiger partial charge in [0.1, 0.15) is 11.6 Å². The molecule has 3 rings (SSSR count). The first-order chi connectivity index (χ1) is 11.2. The summed E-state index contributed by atoms with van der Waals surface area (Å²) in [6, 6.07) is 8.83. The molecule has 0 radical (unpaired) electrons. The van der Waals surface area contributed by atoms with Gasteiger partial charge in [-0.1, -0.05) is 18.2 Å². The molecule has 2 aromatic rings. The molecule has 5 heteroatoms. The second kappa shape index (κ2) is 7.40. The van der Waals surface area contributed by atoms with Crippen LogP contribution in [0, 0.1) is 12.7 Å². The van der Waals surface area contributed by atoms with Gasteiger partial charge in [-0.05, 0) is 44.2 Å². The van der Waals surface area contributed by atoms with E-state index in [1.165, 1.54) is 25.3 Å². The molecule has 0 atom stereocenters. The molecule has 23 heavy (non-hydrogen) atoms. The number of nitrogens with zero attached hydrogens (tertiary/aromatic N) is 3. The van der Waals surface area contributed by atoms with Crippen LogP contribution in [0.4, 0.5) is 16.2 Å². The van der Waals surface area contributed by atoms with Crippen LogP contribution in [0.3, 0.4) is 0 Å². The van der Waals surface area contributed by atoms with Crippen molar-refractivity contribution >= 4 is 11.8 Å². The summed E-state index contributed by atoms with van der Waals surface area (Å²) >= 11 is 0. The zero-order chi connectivity index (χ0) is 16.1. The standard InChI is InChI=1S/C18H23FN4/c1-14-13-17(20-10-9-15-7-3-4-8-16(15)19)22-18(21-14)23-11-5-2-6-12-23/h3-4,7-8,13H,2,5-6,9-12H2,1H3,(H,20,21,22). The number of aromatic nitrogens is 2. The molecular weight excluding hydrogens is 291 g/mol. The lowest BCUT2D eigenvalue weighted by Gasteiger charge is -2.27. The Labute approximate surface area is 136 Å². The van der Waals surface area contributed by atoms with Gasteiger partial charge in [-0.3, -0.25) is 0 Å². The van der Waals surface area contributed by atoms with Gasteiger partial charge in [0.05, 0.1) is 0 Å². The molecule has 0 amide bonds. The van der Waals surface area contributed by atoms with E-state index in [-0.39, 0.29) is 5.82 Å². The van der Waals surface area contributed by atoms with Crippen molar-refractivity contribution in [2.45, 2.75) is 32.6 Å². The van der Waals surface area contributed by atoms with Gasteiger partial charge in [-0.25, -0.2) is 9.37 Å². The van der Waals surface area contributed by atoms with Crippen molar-refractivity contribution < 1.29 is 4.39 Å². The van der Waals surface area contributed by atoms with Crippen LogP contribution in [0.2, 0.25) is 0 Å². The monoisotopic (exact) mass is 314 g/mol. The molecule has 4 nitrogen and oxygen atoms in total. The number of nitrogens with one attached hydrogen (secondary N) is 1. The fraction of sp³-hybridized carbons (Fsp3) is 0.444. The van der Waals surface area contributed by atoms with Gasteiger partial charge in [-0.15, -0.1) is 0 Å². The van der Waals surface area contributed by atoms with E-state index in [4.69, 9.17) is 0 Å². The highest BCUT2D eigenvalue weighted by atomic mass is 19.1. The third kappa shape index (κ3) is 4.18. The molecule has 2 heterocycles. The van der Waals surface area contributed by atoms with Crippen LogP contribution in [0.1, 0.15) is 30.5 Å². The molecule has 1 aromatic heterocycles. The first kappa shape index (κ1) is 15.7. The van der Waals surface area contributed by atoms with E-state index in [1.807, 2.05) is 25.1 Å². The van der Waals surface area contributed by atoms with Crippen LogP contribution in [-0.4, -0.2) is 29.6 Å². The Kier molecular flexibility index (Phi) is 5.05. The maximum absolute atomic E-state index is 13.6. The number of hydrogen-bond donors (Lipinski definition) is 1. The van der Waals surface area contributed by atoms with Crippen LogP contribution < -0.4 is 10.2 Å². The smallest absolute Gasteiger partial charge is 0.227 e. The quantitative estimate of drug-likeness (QED) is 0.916. The zero-order valence-electron chi connectivity index (χ0n) is 13.6. The Bertz CT molecular complexity index is 653. The lowest BCUT2D eigenvalue weighted by molar-refractivity contribution is 0.568. The molecule has 1 N–H and O–H groups in total. The number of anilines is 2. The lowest BCUT2D eigenvalue weighted by Crippen LogP contribution is -2.31. The van der Waals surface area contributed by atoms with E-state index >= 15 is 0 Å². The molecule has 0 unspecified atom stereocenters. The molecule has 0 saturated carbocycles. The maximum Gasteiger partial charge on any atom is 0.227 e. The minimum absolute atomic E-state index is 0.151. The summed E-state index contributed by atoms with van der Waals surface area (Å²) in [5.41, 5.74) is 1.68. The van der Waals surface area contributed by atoms with Crippen molar-refractivity contribution in [2.24, 2.45) is 0 Å². The minimum atomic E-state index is -0.151. The van der Waals surface area contributed by atoms with E-state index in [9.17, 15) is 4.39 Å². The predicted octanol–water partition coefficient (Wildman–Crippen LogP) is 3.57. The average molecular weight is 314 g/mol. The summed E-state index contributed by atoms with van der Waals surface area (Å²) < 4.78 is 13.6. The third-order valence-corrected chi connectivity index (χ3v) is 4.14. The van der Waals surface area contributed by atoms with Crippen molar-refractivity contribution in [1.29, 1.82) is 0 Å². The van der Waals surface area contributed by atoms with Gasteiger partial charge in [-0.2, -0.15) is 4.98 Å². The highest BCUT2D eigenvalue weighted by Crippen LogP contribution is 2.18. The predicted molar refractivity (Wildman–Crippen MR) is 91.4 cm³/mol. The number of piperidine rings is 1. The molecule has 1 fully saturated rings. The van der Waals surface area contributed by atoms with Gasteiger partial charge in [0.2, 0.25) is 5.95 Å². The average Bonchev–Trinajstić information content (AvgIpc) is 2.57. The molecule has 1 saturated heterocycles. The van der Waals surface area contributed by atoms with Crippen LogP contribution >= 0.6 is 0 Å². The van der Waals surface area contributed by atoms with Gasteiger partial charge < -0.3 is 10.2 Å². The Morgan fingerprint density at radius 2 is 1.91 bits per heavy atom. The largest absolute Gasteiger partial charge is 0.370 e. The molecule has 1 aliphatic rings. The van der Waals surface area contributed by atoms with Gasteiger partial charge in [0, 0.05) is 31.4 Å². The first-order valence-electron chi connectivity index (χ1n) is 8.30. The van der Waals surface area contributed by atoms with Gasteiger partial charge in [0.15, 0.2) is 0 Å². The number of halogens is 1. The Morgan fingerprint density at radius 1 is 1.13 bits per heavy atom. The fourth-order valence-corrected chi connectivity index (χ4v) is 2.91. The Morgan fingerprint density at radius 3 is 2.70 bits per heavy atom. The molecule has 0 spiro atoms. The summed E-state index contributed by atoms with van der Waals surface area (Å²) in [5, 5.41) is 3.30. The van der Waals surface area contributed by atoms with E-state index in [1.54, 1.807) is 6.07 Å². The lowest BCUT2D eigenvalue weighted by atomic mass is 10.1. The fourth-order valence-electron chi connectivity index (χ4n) is 2.91. The molecule has 0 bridgehead atoms. The molecular formula is C18H23FN4. The van der Waals surface area contributed by atoms with E-state index in [2.05, 4.69) is 20.2 Å². The molecule has 122 valence electrons. The van der Waals surface area contributed by atoms with Crippen LogP contribution in [0.25, 0.3) is 0 Å². The highest BCUT2D eigenvalue weighted by Gasteiger charge is 2.14. The van der Waals surface area contributed by atoms with Crippen molar-refractivity contribution in [3.8, 4) is 0 Å². The highest BCUT2D eigenvalue weighted by molar-refractivity contribution is 5.44. The van der Waals surface area contributed by atoms with E-state index in [0.29, 0.717) is 13.0 Å². The zero-order valence-corrected chi connectivity index (χ0v) is 13.6. The van der Waals surface area contributed by atoms with Crippen molar-refractivity contribution in [3.63, 3.8) is 0 Å². The normalized spacial score (nSPS) is 14.8. The second-order valence-electron chi connectivity index (χ2n) is 6.01. The molecule has 0 aliphatic carbocycles. The van der Waals surface area contributed by atoms with E-state index in [0.717, 1.165) is 36.1 Å². The maximum atomic E-state index is 13.6. The van der Waals surface area contributed by atoms with Gasteiger partial charge in [0.25, 0.3) is 0 Å². The minimum Gasteiger partial charge on any atom is -0.370 e. The van der Waals surface area contributed by atoms with E-state index < -0.39 is 0 Å². The van der Waals surface area contributed by atoms with Gasteiger partial charge >= 0.3 is 0 Å². The van der Waals surface area contributed by atoms with Crippen molar-refractivity contribution in [2.75, 3.05) is 29.9 Å². The number of benzene rings is 1. The summed E-state index contributed by atoms with van der Waals surface area (Å²) in [7, 11) is 0. The third-order valence-electron chi connectivity index (χ3n) is 4.14. The van der Waals surface area contributed by atoms with Crippen molar-refractivity contribution in [1.82, 2.24) is 9.97 Å². The number of rotatable bonds is 5. The molecule has 1 aromatic carbocycles. The second-order valence-corrected chi connectivity index (χ2v) is 6.01. The first-order valence-corrected chi connectivity index (χ1v) is 8.30. The van der Waals surface area contributed by atoms with Crippen LogP contribution in [-0.2, 0) is 6.42 Å². The number of hydrogen-bond acceptors (Lipinski definition) is 4.